The van der Waals surface area contributed by atoms with Crippen LogP contribution < -0.4 is 0 Å². The number of rotatable bonds is 0. The van der Waals surface area contributed by atoms with Crippen LogP contribution in [0, 0.1) is 0 Å². The Hall–Kier alpha value is -1.90. The Labute approximate surface area is 93.7 Å². The van der Waals surface area contributed by atoms with Gasteiger partial charge in [-0.15, -0.1) is 0 Å². The summed E-state index contributed by atoms with van der Waals surface area (Å²) < 4.78 is 0. The molecule has 0 saturated heterocycles. The van der Waals surface area contributed by atoms with Crippen LogP contribution in [0.15, 0.2) is 30.3 Å². The number of carbonyl (C=O) groups is 1. The minimum Gasteiger partial charge on any atom is -0.333 e. The third-order valence-corrected chi connectivity index (χ3v) is 3.04. The lowest BCUT2D eigenvalue weighted by atomic mass is 10.1. The third-order valence-electron chi connectivity index (χ3n) is 3.04. The topological polar surface area (TPSA) is 33.2 Å². The normalized spacial score (nSPS) is 14.2. The number of fused-ring (bicyclic) bond motifs is 2. The molecule has 0 atom stereocenters. The zero-order valence-electron chi connectivity index (χ0n) is 9.10. The highest BCUT2D eigenvalue weighted by molar-refractivity contribution is 5.80. The van der Waals surface area contributed by atoms with Crippen molar-refractivity contribution in [3.63, 3.8) is 0 Å². The number of benzene rings is 1. The summed E-state index contributed by atoms with van der Waals surface area (Å²) in [6, 6.07) is 10.2. The lowest BCUT2D eigenvalue weighted by molar-refractivity contribution is -0.129. The number of pyridine rings is 1. The number of para-hydroxylation sites is 1. The van der Waals surface area contributed by atoms with Crippen LogP contribution >= 0.6 is 0 Å². The summed E-state index contributed by atoms with van der Waals surface area (Å²) in [6.07, 6.45) is 0. The van der Waals surface area contributed by atoms with Crippen molar-refractivity contribution < 1.29 is 4.79 Å². The van der Waals surface area contributed by atoms with E-state index in [9.17, 15) is 4.79 Å². The van der Waals surface area contributed by atoms with Gasteiger partial charge in [0, 0.05) is 18.9 Å². The number of amides is 1. The molecule has 0 aliphatic carbocycles. The maximum absolute atomic E-state index is 11.3. The van der Waals surface area contributed by atoms with Crippen LogP contribution in [0.3, 0.4) is 0 Å². The fourth-order valence-electron chi connectivity index (χ4n) is 2.14. The second-order valence-corrected chi connectivity index (χ2v) is 4.16. The van der Waals surface area contributed by atoms with Crippen molar-refractivity contribution in [2.24, 2.45) is 0 Å². The van der Waals surface area contributed by atoms with E-state index in [0.29, 0.717) is 13.1 Å². The number of aromatic nitrogens is 1. The van der Waals surface area contributed by atoms with Gasteiger partial charge in [0.25, 0.3) is 0 Å². The first-order valence-electron chi connectivity index (χ1n) is 5.37. The highest BCUT2D eigenvalue weighted by Gasteiger charge is 2.22. The largest absolute Gasteiger partial charge is 0.333 e. The maximum Gasteiger partial charge on any atom is 0.220 e. The standard InChI is InChI=1S/C13H12N2O/c1-9(16)15-7-11-6-10-4-2-3-5-12(10)14-13(11)8-15/h2-6H,7-8H2,1H3. The summed E-state index contributed by atoms with van der Waals surface area (Å²) in [7, 11) is 0. The monoisotopic (exact) mass is 212 g/mol. The molecule has 0 fully saturated rings. The van der Waals surface area contributed by atoms with E-state index in [2.05, 4.69) is 17.1 Å². The molecule has 0 bridgehead atoms. The number of nitrogens with zero attached hydrogens (tertiary/aromatic N) is 2. The molecular weight excluding hydrogens is 200 g/mol. The molecule has 1 aromatic carbocycles. The number of hydrogen-bond donors (Lipinski definition) is 0. The van der Waals surface area contributed by atoms with Crippen molar-refractivity contribution in [1.29, 1.82) is 0 Å². The van der Waals surface area contributed by atoms with Crippen molar-refractivity contribution in [3.05, 3.63) is 41.6 Å². The molecule has 16 heavy (non-hydrogen) atoms. The zero-order valence-corrected chi connectivity index (χ0v) is 9.10. The van der Waals surface area contributed by atoms with Crippen LogP contribution in [0.2, 0.25) is 0 Å². The average Bonchev–Trinajstić information content (AvgIpc) is 2.68. The second kappa shape index (κ2) is 3.30. The van der Waals surface area contributed by atoms with Gasteiger partial charge in [0.15, 0.2) is 0 Å². The summed E-state index contributed by atoms with van der Waals surface area (Å²) in [5.74, 6) is 0.113. The van der Waals surface area contributed by atoms with E-state index in [-0.39, 0.29) is 5.91 Å². The minimum absolute atomic E-state index is 0.113. The quantitative estimate of drug-likeness (QED) is 0.670. The van der Waals surface area contributed by atoms with Gasteiger partial charge in [0.05, 0.1) is 17.8 Å². The summed E-state index contributed by atoms with van der Waals surface area (Å²) in [5.41, 5.74) is 3.22. The highest BCUT2D eigenvalue weighted by Crippen LogP contribution is 2.24. The Kier molecular flexibility index (Phi) is 1.93. The molecule has 1 amide bonds. The average molecular weight is 212 g/mol. The molecule has 2 aromatic rings. The molecule has 1 aliphatic rings. The molecule has 3 nitrogen and oxygen atoms in total. The van der Waals surface area contributed by atoms with Crippen molar-refractivity contribution >= 4 is 16.8 Å². The van der Waals surface area contributed by atoms with E-state index < -0.39 is 0 Å². The fraction of sp³-hybridized carbons (Fsp3) is 0.231. The van der Waals surface area contributed by atoms with Gasteiger partial charge in [-0.3, -0.25) is 9.78 Å². The SMILES string of the molecule is CC(=O)N1Cc2cc3ccccc3nc2C1. The molecule has 80 valence electrons. The van der Waals surface area contributed by atoms with Gasteiger partial charge in [0.2, 0.25) is 5.91 Å². The Bertz CT molecular complexity index is 533. The van der Waals surface area contributed by atoms with E-state index in [1.54, 1.807) is 6.92 Å². The molecule has 0 radical (unpaired) electrons. The van der Waals surface area contributed by atoms with Crippen LogP contribution in [0.4, 0.5) is 0 Å². The van der Waals surface area contributed by atoms with Crippen LogP contribution in [-0.2, 0) is 17.9 Å². The molecule has 0 spiro atoms. The molecule has 3 heteroatoms. The van der Waals surface area contributed by atoms with Crippen molar-refractivity contribution in [1.82, 2.24) is 9.88 Å². The van der Waals surface area contributed by atoms with Gasteiger partial charge in [-0.1, -0.05) is 18.2 Å². The third kappa shape index (κ3) is 1.36. The Morgan fingerprint density at radius 1 is 1.31 bits per heavy atom. The minimum atomic E-state index is 0.113. The van der Waals surface area contributed by atoms with Gasteiger partial charge < -0.3 is 4.90 Å². The first-order chi connectivity index (χ1) is 7.74. The fourth-order valence-corrected chi connectivity index (χ4v) is 2.14. The van der Waals surface area contributed by atoms with Crippen LogP contribution in [0.5, 0.6) is 0 Å². The number of hydrogen-bond acceptors (Lipinski definition) is 2. The number of carbonyl (C=O) groups excluding carboxylic acids is 1. The molecule has 0 N–H and O–H groups in total. The van der Waals surface area contributed by atoms with Gasteiger partial charge >= 0.3 is 0 Å². The highest BCUT2D eigenvalue weighted by atomic mass is 16.2. The Balaban J connectivity index is 2.11. The summed E-state index contributed by atoms with van der Waals surface area (Å²) in [5, 5.41) is 1.15. The van der Waals surface area contributed by atoms with Gasteiger partial charge in [0.1, 0.15) is 0 Å². The molecular formula is C13H12N2O. The van der Waals surface area contributed by atoms with Crippen LogP contribution in [-0.4, -0.2) is 15.8 Å². The van der Waals surface area contributed by atoms with Crippen molar-refractivity contribution in [3.8, 4) is 0 Å². The molecule has 1 aromatic heterocycles. The Morgan fingerprint density at radius 2 is 2.12 bits per heavy atom. The van der Waals surface area contributed by atoms with E-state index in [4.69, 9.17) is 0 Å². The first-order valence-corrected chi connectivity index (χ1v) is 5.37. The van der Waals surface area contributed by atoms with E-state index in [1.165, 1.54) is 5.56 Å². The van der Waals surface area contributed by atoms with Gasteiger partial charge in [-0.05, 0) is 17.7 Å². The van der Waals surface area contributed by atoms with Crippen molar-refractivity contribution in [2.45, 2.75) is 20.0 Å². The van der Waals surface area contributed by atoms with Crippen molar-refractivity contribution in [2.75, 3.05) is 0 Å². The summed E-state index contributed by atoms with van der Waals surface area (Å²) >= 11 is 0. The van der Waals surface area contributed by atoms with E-state index in [0.717, 1.165) is 16.6 Å². The second-order valence-electron chi connectivity index (χ2n) is 4.16. The molecule has 3 rings (SSSR count). The van der Waals surface area contributed by atoms with E-state index in [1.807, 2.05) is 23.1 Å². The maximum atomic E-state index is 11.3. The zero-order chi connectivity index (χ0) is 11.1. The lowest BCUT2D eigenvalue weighted by Crippen LogP contribution is -2.21. The molecule has 0 saturated carbocycles. The van der Waals surface area contributed by atoms with E-state index >= 15 is 0 Å². The van der Waals surface area contributed by atoms with Gasteiger partial charge in [-0.2, -0.15) is 0 Å². The predicted molar refractivity (Wildman–Crippen MR) is 61.7 cm³/mol. The smallest absolute Gasteiger partial charge is 0.220 e. The van der Waals surface area contributed by atoms with Crippen LogP contribution in [0.1, 0.15) is 18.2 Å². The predicted octanol–water partition coefficient (Wildman–Crippen LogP) is 2.10. The summed E-state index contributed by atoms with van der Waals surface area (Å²) in [6.45, 7) is 2.95. The van der Waals surface area contributed by atoms with Gasteiger partial charge in [-0.25, -0.2) is 0 Å². The molecule has 0 unspecified atom stereocenters. The Morgan fingerprint density at radius 3 is 2.94 bits per heavy atom. The molecule has 1 aliphatic heterocycles. The molecule has 2 heterocycles. The van der Waals surface area contributed by atoms with Crippen LogP contribution in [0.25, 0.3) is 10.9 Å². The first kappa shape index (κ1) is 9.33. The summed E-state index contributed by atoms with van der Waals surface area (Å²) in [4.78, 5) is 17.7. The lowest BCUT2D eigenvalue weighted by Gasteiger charge is -2.10.